The highest BCUT2D eigenvalue weighted by molar-refractivity contribution is 7.81. The number of aliphatic hydroxyl groups excluding tert-OH is 13. The minimum absolute atomic E-state index is 0.791. The number of hydrogen-bond acceptors (Lipinski definition) is 34. The van der Waals surface area contributed by atoms with E-state index in [0.717, 1.165) is 20.8 Å². The Morgan fingerprint density at radius 1 is 0.602 bits per heavy atom. The molecule has 44 heteroatoms. The first kappa shape index (κ1) is 72.1. The first-order valence-electron chi connectivity index (χ1n) is 24.1. The minimum atomic E-state index is -5.57. The Labute approximate surface area is 469 Å². The third-order valence-corrected chi connectivity index (χ3v) is 14.1. The van der Waals surface area contributed by atoms with Crippen LogP contribution in [-0.2, 0) is 101 Å². The van der Waals surface area contributed by atoms with Crippen LogP contribution in [0.3, 0.4) is 0 Å². The molecule has 41 nitrogen and oxygen atoms in total. The van der Waals surface area contributed by atoms with Gasteiger partial charge in [-0.2, -0.15) is 25.3 Å². The highest BCUT2D eigenvalue weighted by atomic mass is 32.3. The topological polar surface area (TPSA) is 652 Å². The fraction of sp³-hybridized carbons (Fsp3) is 0.897. The summed E-state index contributed by atoms with van der Waals surface area (Å²) in [7, 11) is -16.4. The first-order chi connectivity index (χ1) is 38.3. The molecule has 0 saturated carbocycles. The van der Waals surface area contributed by atoms with Crippen LogP contribution in [0.2, 0.25) is 0 Å². The normalized spacial score (nSPS) is 36.8. The summed E-state index contributed by atoms with van der Waals surface area (Å²) in [6.07, 6.45) is -51.7. The molecule has 0 bridgehead atoms. The SMILES string of the molecule is CC(=O)N[C@H]1[C@H](O[C@H]2[C@@H](O)[C@@H](COS(=O)(=O)O)O[C@@H](O[C@@H]([C@H](O)[C@H](CO)NC(C)=O)[C@H](O)COS(=O)(=O)O)[C@@H]2O)O[C@H](COS(=O)(=O)O)[C@@H](O[C@@H]2O[C@H](CO)[C@H](O)[C@H](O[C@]3(C(=O)O)C[C@H](O)[C@@H](NC(C)=O)[C@H]([C@H](O)[C@H](O)CO)O3)[C@H]2O)[C@@H]1O. The quantitative estimate of drug-likeness (QED) is 0.0309. The van der Waals surface area contributed by atoms with Crippen LogP contribution in [0.15, 0.2) is 0 Å². The van der Waals surface area contributed by atoms with E-state index in [-0.39, 0.29) is 0 Å². The summed E-state index contributed by atoms with van der Waals surface area (Å²) < 4.78 is 156. The second-order valence-corrected chi connectivity index (χ2v) is 22.2. The highest BCUT2D eigenvalue weighted by Gasteiger charge is 2.61. The molecule has 25 atom stereocenters. The highest BCUT2D eigenvalue weighted by Crippen LogP contribution is 2.39. The molecule has 4 aliphatic rings. The lowest BCUT2D eigenvalue weighted by molar-refractivity contribution is -0.387. The molecule has 4 aliphatic heterocycles. The molecule has 0 spiro atoms. The van der Waals surface area contributed by atoms with E-state index in [1.807, 2.05) is 5.32 Å². The van der Waals surface area contributed by atoms with E-state index in [1.54, 1.807) is 0 Å². The molecular formula is C39H67N3O38S3. The van der Waals surface area contributed by atoms with Crippen LogP contribution in [0.25, 0.3) is 0 Å². The van der Waals surface area contributed by atoms with Gasteiger partial charge in [-0.3, -0.25) is 28.0 Å². The van der Waals surface area contributed by atoms with Gasteiger partial charge in [-0.15, -0.1) is 0 Å². The number of hydrogen-bond donors (Lipinski definition) is 20. The Kier molecular flexibility index (Phi) is 26.1. The lowest BCUT2D eigenvalue weighted by Gasteiger charge is -2.51. The predicted molar refractivity (Wildman–Crippen MR) is 252 cm³/mol. The smallest absolute Gasteiger partial charge is 0.397 e. The monoisotopic (exact) mass is 1280 g/mol. The van der Waals surface area contributed by atoms with E-state index in [2.05, 4.69) is 23.2 Å². The van der Waals surface area contributed by atoms with Crippen LogP contribution < -0.4 is 16.0 Å². The Morgan fingerprint density at radius 2 is 1.11 bits per heavy atom. The van der Waals surface area contributed by atoms with Gasteiger partial charge in [-0.05, 0) is 0 Å². The summed E-state index contributed by atoms with van der Waals surface area (Å²) in [6.45, 7) is -5.59. The second-order valence-electron chi connectivity index (χ2n) is 18.9. The lowest BCUT2D eigenvalue weighted by Crippen LogP contribution is -2.71. The number of carbonyl (C=O) groups excluding carboxylic acids is 3. The van der Waals surface area contributed by atoms with Crippen molar-refractivity contribution < 1.29 is 180 Å². The molecule has 4 saturated heterocycles. The van der Waals surface area contributed by atoms with Gasteiger partial charge in [0.1, 0.15) is 110 Å². The summed E-state index contributed by atoms with van der Waals surface area (Å²) in [5.74, 6) is -8.49. The lowest BCUT2D eigenvalue weighted by atomic mass is 9.88. The second kappa shape index (κ2) is 30.0. The molecule has 4 heterocycles. The summed E-state index contributed by atoms with van der Waals surface area (Å²) in [5, 5.41) is 159. The van der Waals surface area contributed by atoms with Gasteiger partial charge in [0.05, 0.1) is 57.8 Å². The summed E-state index contributed by atoms with van der Waals surface area (Å²) in [4.78, 5) is 49.8. The van der Waals surface area contributed by atoms with E-state index in [4.69, 9.17) is 42.4 Å². The minimum Gasteiger partial charge on any atom is -0.477 e. The van der Waals surface area contributed by atoms with Crippen molar-refractivity contribution in [1.29, 1.82) is 0 Å². The average molecular weight is 1280 g/mol. The van der Waals surface area contributed by atoms with E-state index in [1.165, 1.54) is 0 Å². The van der Waals surface area contributed by atoms with Crippen LogP contribution in [0, 0.1) is 0 Å². The van der Waals surface area contributed by atoms with Crippen LogP contribution in [0.1, 0.15) is 27.2 Å². The average Bonchev–Trinajstić information content (AvgIpc) is 2.22. The van der Waals surface area contributed by atoms with E-state index in [0.29, 0.717) is 0 Å². The summed E-state index contributed by atoms with van der Waals surface area (Å²) in [5.41, 5.74) is 0. The van der Waals surface area contributed by atoms with Gasteiger partial charge in [0.15, 0.2) is 18.9 Å². The Balaban J connectivity index is 1.79. The fourth-order valence-corrected chi connectivity index (χ4v) is 9.89. The molecule has 0 aromatic rings. The van der Waals surface area contributed by atoms with E-state index >= 15 is 0 Å². The Bertz CT molecular complexity index is 2500. The van der Waals surface area contributed by atoms with Gasteiger partial charge >= 0.3 is 37.2 Å². The summed E-state index contributed by atoms with van der Waals surface area (Å²) in [6, 6.07) is -5.83. The van der Waals surface area contributed by atoms with Crippen molar-refractivity contribution in [2.45, 2.75) is 180 Å². The van der Waals surface area contributed by atoms with Crippen molar-refractivity contribution in [3.63, 3.8) is 0 Å². The molecule has 4 rings (SSSR count). The maximum atomic E-state index is 13.0. The Hall–Kier alpha value is -3.35. The standard InChI is InChI=1S/C39H67N3O38S3/c1-11(46)40-14(5-43)23(52)30(17(51)8-70-81(61,62)63)76-36-28(57)33(26(55)19(74-36)9-71-82(64,65)66)78-35-22(42-13(3)48)27(56)31(20(75-35)10-72-83(67,68)69)77-37-29(58)34(25(54)18(7-45)73-37)80-39(38(59)60)4-15(49)21(41-12(2)47)32(79-39)24(53)16(50)6-44/h14-37,43-45,49-58H,4-10H2,1-3H3,(H,40,46)(H,41,47)(H,42,48)(H,59,60)(H,61,62,63)(H,64,65,66)(H,67,68,69)/t14-,15-,16+,17+,18+,19+,20+,21+,22+,23+,24+,25-,26-,27+,28+,29+,30+,31+,32+,33-,34-,35-,36-,37-,39-/m0/s1. The third kappa shape index (κ3) is 19.6. The van der Waals surface area contributed by atoms with Crippen molar-refractivity contribution in [3.8, 4) is 0 Å². The number of carboxylic acids is 1. The molecule has 3 amide bonds. The van der Waals surface area contributed by atoms with Gasteiger partial charge < -0.3 is 125 Å². The van der Waals surface area contributed by atoms with Crippen molar-refractivity contribution in [3.05, 3.63) is 0 Å². The molecule has 0 aromatic heterocycles. The molecule has 4 fully saturated rings. The number of nitrogens with one attached hydrogen (secondary N) is 3. The van der Waals surface area contributed by atoms with Gasteiger partial charge in [0.25, 0.3) is 5.79 Å². The predicted octanol–water partition coefficient (Wildman–Crippen LogP) is -13.2. The van der Waals surface area contributed by atoms with Crippen LogP contribution in [-0.4, -0.2) is 326 Å². The summed E-state index contributed by atoms with van der Waals surface area (Å²) >= 11 is 0. The maximum absolute atomic E-state index is 13.0. The maximum Gasteiger partial charge on any atom is 0.397 e. The zero-order valence-electron chi connectivity index (χ0n) is 43.2. The molecule has 0 aliphatic carbocycles. The van der Waals surface area contributed by atoms with Gasteiger partial charge in [-0.1, -0.05) is 0 Å². The van der Waals surface area contributed by atoms with Crippen molar-refractivity contribution >= 4 is 54.9 Å². The van der Waals surface area contributed by atoms with Gasteiger partial charge in [0.2, 0.25) is 17.7 Å². The molecule has 20 N–H and O–H groups in total. The van der Waals surface area contributed by atoms with Crippen LogP contribution >= 0.6 is 0 Å². The number of carbonyl (C=O) groups is 4. The third-order valence-electron chi connectivity index (χ3n) is 12.8. The van der Waals surface area contributed by atoms with Crippen molar-refractivity contribution in [2.75, 3.05) is 39.6 Å². The number of ether oxygens (including phenoxy) is 8. The van der Waals surface area contributed by atoms with E-state index in [9.17, 15) is 125 Å². The molecule has 0 unspecified atom stereocenters. The van der Waals surface area contributed by atoms with Gasteiger partial charge in [0, 0.05) is 27.2 Å². The fourth-order valence-electron chi connectivity index (χ4n) is 8.96. The van der Waals surface area contributed by atoms with E-state index < -0.39 is 254 Å². The van der Waals surface area contributed by atoms with Crippen LogP contribution in [0.4, 0.5) is 0 Å². The number of carboxylic acid groups (broad SMARTS) is 1. The first-order valence-corrected chi connectivity index (χ1v) is 28.2. The molecule has 0 aromatic carbocycles. The number of rotatable bonds is 29. The number of amides is 3. The van der Waals surface area contributed by atoms with Gasteiger partial charge in [-0.25, -0.2) is 17.3 Å². The largest absolute Gasteiger partial charge is 0.477 e. The van der Waals surface area contributed by atoms with Crippen molar-refractivity contribution in [1.82, 2.24) is 16.0 Å². The Morgan fingerprint density at radius 3 is 1.61 bits per heavy atom. The zero-order chi connectivity index (χ0) is 63.0. The molecule has 0 radical (unpaired) electrons. The zero-order valence-corrected chi connectivity index (χ0v) is 45.7. The molecule has 484 valence electrons. The number of aliphatic hydroxyl groups is 13. The molecule has 83 heavy (non-hydrogen) atoms. The number of aliphatic carboxylic acids is 1. The van der Waals surface area contributed by atoms with Crippen LogP contribution in [0.5, 0.6) is 0 Å². The molecular weight excluding hydrogens is 1210 g/mol. The van der Waals surface area contributed by atoms with Crippen molar-refractivity contribution in [2.24, 2.45) is 0 Å².